The Balaban J connectivity index is 1.87. The predicted molar refractivity (Wildman–Crippen MR) is 120 cm³/mol. The number of nitrogens with zero attached hydrogens (tertiary/aromatic N) is 2. The van der Waals surface area contributed by atoms with Gasteiger partial charge in [0.05, 0.1) is 24.6 Å². The molecule has 0 aliphatic carbocycles. The number of aromatic hydroxyl groups is 2. The van der Waals surface area contributed by atoms with Crippen LogP contribution in [0, 0.1) is 0 Å². The van der Waals surface area contributed by atoms with Crippen LogP contribution in [0.25, 0.3) is 0 Å². The molecule has 0 aromatic heterocycles. The number of ether oxygens (including phenoxy) is 2. The third-order valence-electron chi connectivity index (χ3n) is 4.19. The maximum absolute atomic E-state index is 10.1. The van der Waals surface area contributed by atoms with Crippen molar-refractivity contribution in [2.24, 2.45) is 9.98 Å². The molecule has 0 unspecified atom stereocenters. The normalized spacial score (nSPS) is 11.3. The lowest BCUT2D eigenvalue weighted by Gasteiger charge is -2.06. The molecule has 6 heteroatoms. The van der Waals surface area contributed by atoms with Gasteiger partial charge in [-0.15, -0.1) is 0 Å². The second-order valence-electron chi connectivity index (χ2n) is 6.31. The Hall–Kier alpha value is -3.80. The number of hydrogen-bond donors (Lipinski definition) is 2. The van der Waals surface area contributed by atoms with E-state index >= 15 is 0 Å². The third kappa shape index (κ3) is 5.38. The molecule has 0 saturated heterocycles. The number of benzene rings is 3. The van der Waals surface area contributed by atoms with Gasteiger partial charge in [0, 0.05) is 23.6 Å². The van der Waals surface area contributed by atoms with Gasteiger partial charge in [0.25, 0.3) is 0 Å². The topological polar surface area (TPSA) is 83.6 Å². The molecule has 0 aliphatic rings. The molecule has 3 aromatic rings. The molecule has 6 nitrogen and oxygen atoms in total. The van der Waals surface area contributed by atoms with Crippen molar-refractivity contribution in [3.8, 4) is 23.0 Å². The van der Waals surface area contributed by atoms with Gasteiger partial charge < -0.3 is 19.7 Å². The second-order valence-corrected chi connectivity index (χ2v) is 6.31. The van der Waals surface area contributed by atoms with Crippen molar-refractivity contribution < 1.29 is 19.7 Å². The van der Waals surface area contributed by atoms with Gasteiger partial charge >= 0.3 is 0 Å². The van der Waals surface area contributed by atoms with Gasteiger partial charge in [0.1, 0.15) is 23.0 Å². The minimum absolute atomic E-state index is 0.112. The lowest BCUT2D eigenvalue weighted by Crippen LogP contribution is -1.93. The first-order valence-corrected chi connectivity index (χ1v) is 9.69. The molecule has 0 heterocycles. The van der Waals surface area contributed by atoms with Crippen LogP contribution < -0.4 is 9.47 Å². The van der Waals surface area contributed by atoms with Crippen LogP contribution in [0.2, 0.25) is 0 Å². The Morgan fingerprint density at radius 2 is 1.13 bits per heavy atom. The van der Waals surface area contributed by atoms with Crippen LogP contribution in [0.1, 0.15) is 25.0 Å². The minimum atomic E-state index is 0.112. The molecule has 0 spiro atoms. The highest BCUT2D eigenvalue weighted by atomic mass is 16.5. The van der Waals surface area contributed by atoms with E-state index in [1.54, 1.807) is 48.8 Å². The summed E-state index contributed by atoms with van der Waals surface area (Å²) in [4.78, 5) is 8.96. The second kappa shape index (κ2) is 10.1. The van der Waals surface area contributed by atoms with E-state index in [0.29, 0.717) is 47.2 Å². The van der Waals surface area contributed by atoms with Gasteiger partial charge in [-0.25, -0.2) is 0 Å². The minimum Gasteiger partial charge on any atom is -0.507 e. The molecule has 0 amide bonds. The monoisotopic (exact) mass is 404 g/mol. The largest absolute Gasteiger partial charge is 0.507 e. The highest BCUT2D eigenvalue weighted by Crippen LogP contribution is 2.29. The van der Waals surface area contributed by atoms with E-state index in [9.17, 15) is 10.2 Å². The SMILES string of the molecule is CCOc1ccc(O)c(C=Nc2ccccc2N=Cc2cc(OCC)ccc2O)c1. The van der Waals surface area contributed by atoms with E-state index in [0.717, 1.165) is 0 Å². The van der Waals surface area contributed by atoms with E-state index in [2.05, 4.69) is 9.98 Å². The van der Waals surface area contributed by atoms with Crippen molar-refractivity contribution in [1.29, 1.82) is 0 Å². The van der Waals surface area contributed by atoms with Crippen LogP contribution >= 0.6 is 0 Å². The van der Waals surface area contributed by atoms with Crippen molar-refractivity contribution in [3.63, 3.8) is 0 Å². The average Bonchev–Trinajstić information content (AvgIpc) is 2.75. The fraction of sp³-hybridized carbons (Fsp3) is 0.167. The van der Waals surface area contributed by atoms with E-state index in [1.165, 1.54) is 0 Å². The molecule has 2 N–H and O–H groups in total. The van der Waals surface area contributed by atoms with Crippen LogP contribution in [0.5, 0.6) is 23.0 Å². The summed E-state index contributed by atoms with van der Waals surface area (Å²) in [5, 5.41) is 20.2. The number of phenols is 2. The number of phenolic OH excluding ortho intramolecular Hbond substituents is 2. The molecule has 0 atom stereocenters. The van der Waals surface area contributed by atoms with Crippen LogP contribution in [-0.2, 0) is 0 Å². The predicted octanol–water partition coefficient (Wildman–Crippen LogP) is 5.40. The fourth-order valence-corrected chi connectivity index (χ4v) is 2.75. The Morgan fingerprint density at radius 1 is 0.700 bits per heavy atom. The van der Waals surface area contributed by atoms with Gasteiger partial charge in [-0.05, 0) is 62.4 Å². The van der Waals surface area contributed by atoms with Crippen molar-refractivity contribution in [1.82, 2.24) is 0 Å². The number of para-hydroxylation sites is 2. The first kappa shape index (κ1) is 20.9. The van der Waals surface area contributed by atoms with Crippen LogP contribution in [-0.4, -0.2) is 35.9 Å². The van der Waals surface area contributed by atoms with Gasteiger partial charge in [0.2, 0.25) is 0 Å². The highest BCUT2D eigenvalue weighted by molar-refractivity contribution is 5.89. The van der Waals surface area contributed by atoms with Gasteiger partial charge in [-0.1, -0.05) is 12.1 Å². The molecule has 0 saturated carbocycles. The summed E-state index contributed by atoms with van der Waals surface area (Å²) in [5.74, 6) is 1.54. The molecule has 154 valence electrons. The summed E-state index contributed by atoms with van der Waals surface area (Å²) in [7, 11) is 0. The standard InChI is InChI=1S/C24H24N2O4/c1-3-29-19-9-11-23(27)17(13-19)15-25-21-7-5-6-8-22(21)26-16-18-14-20(30-4-2)10-12-24(18)28/h5-16,27-28H,3-4H2,1-2H3. The molecule has 3 aromatic carbocycles. The number of aliphatic imine (C=N–C) groups is 2. The van der Waals surface area contributed by atoms with Gasteiger partial charge in [-0.2, -0.15) is 0 Å². The molecule has 0 bridgehead atoms. The lowest BCUT2D eigenvalue weighted by atomic mass is 10.2. The van der Waals surface area contributed by atoms with E-state index in [1.807, 2.05) is 38.1 Å². The maximum atomic E-state index is 10.1. The Bertz CT molecular complexity index is 976. The first-order chi connectivity index (χ1) is 14.6. The van der Waals surface area contributed by atoms with E-state index in [-0.39, 0.29) is 11.5 Å². The Morgan fingerprint density at radius 3 is 1.53 bits per heavy atom. The van der Waals surface area contributed by atoms with Crippen LogP contribution in [0.4, 0.5) is 11.4 Å². The van der Waals surface area contributed by atoms with Crippen molar-refractivity contribution in [3.05, 3.63) is 71.8 Å². The first-order valence-electron chi connectivity index (χ1n) is 9.69. The summed E-state index contributed by atoms with van der Waals surface area (Å²) in [6.45, 7) is 4.87. The number of hydrogen-bond acceptors (Lipinski definition) is 6. The molecule has 3 rings (SSSR count). The van der Waals surface area contributed by atoms with Crippen molar-refractivity contribution in [2.75, 3.05) is 13.2 Å². The summed E-state index contributed by atoms with van der Waals surface area (Å²) >= 11 is 0. The summed E-state index contributed by atoms with van der Waals surface area (Å²) in [6.07, 6.45) is 3.14. The van der Waals surface area contributed by atoms with Crippen molar-refractivity contribution in [2.45, 2.75) is 13.8 Å². The van der Waals surface area contributed by atoms with Crippen LogP contribution in [0.15, 0.2) is 70.6 Å². The highest BCUT2D eigenvalue weighted by Gasteiger charge is 2.04. The van der Waals surface area contributed by atoms with Gasteiger partial charge in [0.15, 0.2) is 0 Å². The molecule has 30 heavy (non-hydrogen) atoms. The number of rotatable bonds is 8. The quantitative estimate of drug-likeness (QED) is 0.493. The summed E-state index contributed by atoms with van der Waals surface area (Å²) in [5.41, 5.74) is 2.33. The maximum Gasteiger partial charge on any atom is 0.124 e. The zero-order chi connectivity index (χ0) is 21.3. The fourth-order valence-electron chi connectivity index (χ4n) is 2.75. The molecular formula is C24H24N2O4. The molecule has 0 aliphatic heterocycles. The Kier molecular flexibility index (Phi) is 7.05. The van der Waals surface area contributed by atoms with Crippen LogP contribution in [0.3, 0.4) is 0 Å². The smallest absolute Gasteiger partial charge is 0.124 e. The van der Waals surface area contributed by atoms with E-state index < -0.39 is 0 Å². The third-order valence-corrected chi connectivity index (χ3v) is 4.19. The molecular weight excluding hydrogens is 380 g/mol. The summed E-state index contributed by atoms with van der Waals surface area (Å²) in [6, 6.07) is 17.4. The molecule has 0 fully saturated rings. The molecule has 0 radical (unpaired) electrons. The van der Waals surface area contributed by atoms with Crippen molar-refractivity contribution >= 4 is 23.8 Å². The Labute approximate surface area is 175 Å². The average molecular weight is 404 g/mol. The van der Waals surface area contributed by atoms with Gasteiger partial charge in [-0.3, -0.25) is 9.98 Å². The summed E-state index contributed by atoms with van der Waals surface area (Å²) < 4.78 is 10.9. The van der Waals surface area contributed by atoms with E-state index in [4.69, 9.17) is 9.47 Å². The zero-order valence-electron chi connectivity index (χ0n) is 16.9. The zero-order valence-corrected chi connectivity index (χ0v) is 16.9. The lowest BCUT2D eigenvalue weighted by molar-refractivity contribution is 0.339.